The van der Waals surface area contributed by atoms with Crippen molar-refractivity contribution in [1.82, 2.24) is 13.7 Å². The summed E-state index contributed by atoms with van der Waals surface area (Å²) in [6, 6.07) is 67.7. The van der Waals surface area contributed by atoms with Crippen molar-refractivity contribution in [3.63, 3.8) is 0 Å². The molecule has 11 heteroatoms. The summed E-state index contributed by atoms with van der Waals surface area (Å²) in [4.78, 5) is 0. The van der Waals surface area contributed by atoms with Crippen molar-refractivity contribution in [2.75, 3.05) is 0 Å². The molecule has 0 saturated heterocycles. The number of nitrogens with zero attached hydrogens (tertiary/aromatic N) is 3. The summed E-state index contributed by atoms with van der Waals surface area (Å²) in [5.74, 6) is 0. The molecule has 0 aliphatic rings. The summed E-state index contributed by atoms with van der Waals surface area (Å²) in [5.41, 5.74) is 25.4. The van der Waals surface area contributed by atoms with Gasteiger partial charge >= 0.3 is 0 Å². The first-order valence-corrected chi connectivity index (χ1v) is 25.7. The molecule has 0 aliphatic carbocycles. The molecule has 14 rings (SSSR count). The van der Waals surface area contributed by atoms with Gasteiger partial charge in [0.1, 0.15) is 54.9 Å². The summed E-state index contributed by atoms with van der Waals surface area (Å²) in [6.45, 7) is 0. The van der Waals surface area contributed by atoms with Crippen LogP contribution in [0.1, 0.15) is 0 Å². The lowest BCUT2D eigenvalue weighted by molar-refractivity contribution is 1.17. The number of hydrogen-bond acceptors (Lipinski definition) is 1. The van der Waals surface area contributed by atoms with E-state index >= 15 is 0 Å². The van der Waals surface area contributed by atoms with Crippen molar-refractivity contribution in [3.8, 4) is 39.3 Å². The molecule has 0 unspecified atom stereocenters. The van der Waals surface area contributed by atoms with Crippen molar-refractivity contribution in [3.05, 3.63) is 182 Å². The zero-order chi connectivity index (χ0) is 48.0. The Balaban J connectivity index is 1.04. The predicted octanol–water partition coefficient (Wildman–Crippen LogP) is 4.49. The van der Waals surface area contributed by atoms with Gasteiger partial charge in [0, 0.05) is 80.8 Å². The minimum Gasteiger partial charge on any atom is -0.310 e. The van der Waals surface area contributed by atoms with Crippen LogP contribution in [-0.4, -0.2) is 68.6 Å². The van der Waals surface area contributed by atoms with Crippen LogP contribution in [0.2, 0.25) is 0 Å². The van der Waals surface area contributed by atoms with Crippen LogP contribution in [0, 0.1) is 0 Å². The second kappa shape index (κ2) is 15.6. The fourth-order valence-electron chi connectivity index (χ4n) is 12.6. The summed E-state index contributed by atoms with van der Waals surface area (Å²) in [6.07, 6.45) is 0. The van der Waals surface area contributed by atoms with Crippen molar-refractivity contribution < 1.29 is 0 Å². The Labute approximate surface area is 422 Å². The molecular formula is C60H44B7N3S. The lowest BCUT2D eigenvalue weighted by Crippen LogP contribution is -2.48. The number of fused-ring (bicyclic) bond motifs is 12. The molecule has 0 atom stereocenters. The van der Waals surface area contributed by atoms with Crippen molar-refractivity contribution >= 4 is 190 Å². The molecule has 71 heavy (non-hydrogen) atoms. The summed E-state index contributed by atoms with van der Waals surface area (Å²) < 4.78 is 10.2. The fraction of sp³-hybridized carbons (Fsp3) is 0. The van der Waals surface area contributed by atoms with Gasteiger partial charge in [0.2, 0.25) is 0 Å². The number of aromatic nitrogens is 3. The Bertz CT molecular complexity index is 4610. The SMILES string of the molecule is Bc1c(B)c(B)c2c(c1B)c1c(B)c(-c3ccc4c(c3)c3cccc(-c5ccccc5)c3n4-c3ccc4sc5ccccc5c4c3)c(B)c(B)c1n2-c1ccc2c(c1)c1ccccc1n2-c1ccccc1. The molecule has 0 bridgehead atoms. The topological polar surface area (TPSA) is 14.8 Å². The molecule has 0 radical (unpaired) electrons. The molecule has 0 spiro atoms. The van der Waals surface area contributed by atoms with Crippen LogP contribution in [0.25, 0.3) is 125 Å². The highest BCUT2D eigenvalue weighted by Crippen LogP contribution is 2.42. The van der Waals surface area contributed by atoms with Gasteiger partial charge in [-0.25, -0.2) is 0 Å². The lowest BCUT2D eigenvalue weighted by atomic mass is 9.64. The largest absolute Gasteiger partial charge is 0.310 e. The van der Waals surface area contributed by atoms with E-state index in [1.807, 2.05) is 11.3 Å². The molecule has 3 nitrogen and oxygen atoms in total. The third-order valence-electron chi connectivity index (χ3n) is 16.3. The zero-order valence-corrected chi connectivity index (χ0v) is 41.9. The number of para-hydroxylation sites is 3. The van der Waals surface area contributed by atoms with Crippen LogP contribution >= 0.6 is 11.3 Å². The van der Waals surface area contributed by atoms with Gasteiger partial charge in [-0.05, 0) is 94.9 Å². The van der Waals surface area contributed by atoms with E-state index in [1.165, 1.54) is 163 Å². The third-order valence-corrected chi connectivity index (χ3v) is 17.5. The minimum absolute atomic E-state index is 1.17. The Morgan fingerprint density at radius 2 is 0.859 bits per heavy atom. The first kappa shape index (κ1) is 42.2. The number of benzene rings is 10. The van der Waals surface area contributed by atoms with Crippen LogP contribution in [0.4, 0.5) is 0 Å². The Morgan fingerprint density at radius 1 is 0.296 bits per heavy atom. The average molecular weight is 915 g/mol. The van der Waals surface area contributed by atoms with Crippen LogP contribution < -0.4 is 38.2 Å². The average Bonchev–Trinajstić information content (AvgIpc) is 4.16. The fourth-order valence-corrected chi connectivity index (χ4v) is 13.6. The first-order chi connectivity index (χ1) is 34.7. The van der Waals surface area contributed by atoms with Crippen molar-refractivity contribution in [2.24, 2.45) is 0 Å². The molecule has 326 valence electrons. The van der Waals surface area contributed by atoms with Gasteiger partial charge in [0.15, 0.2) is 0 Å². The van der Waals surface area contributed by atoms with E-state index < -0.39 is 0 Å². The van der Waals surface area contributed by atoms with Gasteiger partial charge in [-0.15, -0.1) is 16.8 Å². The number of hydrogen-bond donors (Lipinski definition) is 0. The normalized spacial score (nSPS) is 12.1. The molecule has 0 saturated carbocycles. The highest BCUT2D eigenvalue weighted by atomic mass is 32.1. The second-order valence-corrected chi connectivity index (χ2v) is 20.9. The predicted molar refractivity (Wildman–Crippen MR) is 330 cm³/mol. The van der Waals surface area contributed by atoms with Gasteiger partial charge < -0.3 is 13.7 Å². The minimum atomic E-state index is 1.17. The van der Waals surface area contributed by atoms with Gasteiger partial charge in [-0.2, -0.15) is 0 Å². The van der Waals surface area contributed by atoms with E-state index in [1.54, 1.807) is 0 Å². The van der Waals surface area contributed by atoms with E-state index in [2.05, 4.69) is 251 Å². The van der Waals surface area contributed by atoms with E-state index in [-0.39, 0.29) is 0 Å². The third kappa shape index (κ3) is 5.93. The molecule has 0 N–H and O–H groups in total. The Morgan fingerprint density at radius 3 is 1.66 bits per heavy atom. The zero-order valence-electron chi connectivity index (χ0n) is 41.1. The Hall–Kier alpha value is -7.73. The monoisotopic (exact) mass is 915 g/mol. The summed E-state index contributed by atoms with van der Waals surface area (Å²) in [7, 11) is 16.4. The standard InChI is InChI=1S/C60H44B7N3S/c61-51-48(32-22-25-45-40(28-32)39-19-11-18-36(31-12-3-1-4-13-31)58(39)69(45)34-24-27-47-42(30-34)38-17-8-10-21-46(38)71-47)52(62)56(66)59-49(51)50-53(63)54(64)55(65)57(67)60(50)70(59)35-23-26-44-41(29-35)37-16-7-9-20-43(37)68(44)33-14-5-2-6-15-33/h1-30H,61-67H2. The molecule has 10 aromatic carbocycles. The lowest BCUT2D eigenvalue weighted by Gasteiger charge is -2.19. The van der Waals surface area contributed by atoms with Crippen molar-refractivity contribution in [2.45, 2.75) is 0 Å². The number of rotatable bonds is 5. The van der Waals surface area contributed by atoms with Crippen LogP contribution in [0.3, 0.4) is 0 Å². The molecule has 14 aromatic rings. The van der Waals surface area contributed by atoms with E-state index in [4.69, 9.17) is 0 Å². The summed E-state index contributed by atoms with van der Waals surface area (Å²) >= 11 is 1.87. The maximum absolute atomic E-state index is 2.61. The second-order valence-electron chi connectivity index (χ2n) is 19.8. The highest BCUT2D eigenvalue weighted by molar-refractivity contribution is 7.25. The molecular weight excluding hydrogens is 870 g/mol. The van der Waals surface area contributed by atoms with Crippen LogP contribution in [0.5, 0.6) is 0 Å². The van der Waals surface area contributed by atoms with Crippen LogP contribution in [-0.2, 0) is 0 Å². The molecule has 4 aromatic heterocycles. The van der Waals surface area contributed by atoms with E-state index in [0.717, 1.165) is 0 Å². The maximum atomic E-state index is 2.61. The Kier molecular flexibility index (Phi) is 9.29. The van der Waals surface area contributed by atoms with E-state index in [0.29, 0.717) is 0 Å². The van der Waals surface area contributed by atoms with Gasteiger partial charge in [0.05, 0.1) is 22.1 Å². The highest BCUT2D eigenvalue weighted by Gasteiger charge is 2.26. The molecule has 0 fully saturated rings. The van der Waals surface area contributed by atoms with E-state index in [9.17, 15) is 0 Å². The molecule has 0 amide bonds. The van der Waals surface area contributed by atoms with Gasteiger partial charge in [0.25, 0.3) is 0 Å². The first-order valence-electron chi connectivity index (χ1n) is 24.9. The molecule has 4 heterocycles. The van der Waals surface area contributed by atoms with Gasteiger partial charge in [-0.1, -0.05) is 142 Å². The quantitative estimate of drug-likeness (QED) is 0.227. The maximum Gasteiger partial charge on any atom is 0.141 e. The van der Waals surface area contributed by atoms with Gasteiger partial charge in [-0.3, -0.25) is 0 Å². The number of thiophene rings is 1. The smallest absolute Gasteiger partial charge is 0.141 e. The van der Waals surface area contributed by atoms with Crippen molar-refractivity contribution in [1.29, 1.82) is 0 Å². The molecule has 0 aliphatic heterocycles. The summed E-state index contributed by atoms with van der Waals surface area (Å²) in [5, 5.41) is 10.3. The van der Waals surface area contributed by atoms with Crippen LogP contribution in [0.15, 0.2) is 182 Å².